The third-order valence-corrected chi connectivity index (χ3v) is 7.85. The number of hydrogen-bond donors (Lipinski definition) is 4. The fraction of sp³-hybridized carbons (Fsp3) is 0.448. The zero-order valence-corrected chi connectivity index (χ0v) is 21.5. The van der Waals surface area contributed by atoms with E-state index in [2.05, 4.69) is 20.5 Å². The van der Waals surface area contributed by atoms with E-state index in [0.717, 1.165) is 73.9 Å². The summed E-state index contributed by atoms with van der Waals surface area (Å²) in [6, 6.07) is 13.5. The molecule has 1 aliphatic heterocycles. The Balaban J connectivity index is 1.27. The molecule has 5 rings (SSSR count). The lowest BCUT2D eigenvalue weighted by molar-refractivity contribution is 0.0942. The van der Waals surface area contributed by atoms with Gasteiger partial charge in [0.05, 0.1) is 22.9 Å². The van der Waals surface area contributed by atoms with Crippen molar-refractivity contribution in [3.05, 3.63) is 54.2 Å². The molecule has 200 valence electrons. The van der Waals surface area contributed by atoms with Gasteiger partial charge in [0.1, 0.15) is 5.82 Å². The molecule has 2 amide bonds. The first kappa shape index (κ1) is 25.9. The molecule has 4 N–H and O–H groups in total. The molecule has 2 aliphatic rings. The van der Waals surface area contributed by atoms with Gasteiger partial charge in [0.2, 0.25) is 0 Å². The zero-order valence-electron chi connectivity index (χ0n) is 21.5. The number of anilines is 1. The van der Waals surface area contributed by atoms with Crippen molar-refractivity contribution in [3.8, 4) is 11.3 Å². The second kappa shape index (κ2) is 11.8. The van der Waals surface area contributed by atoms with Gasteiger partial charge in [-0.15, -0.1) is 0 Å². The molecule has 2 fully saturated rings. The summed E-state index contributed by atoms with van der Waals surface area (Å²) in [6.45, 7) is 2.67. The summed E-state index contributed by atoms with van der Waals surface area (Å²) in [5.41, 5.74) is 2.90. The van der Waals surface area contributed by atoms with E-state index in [1.54, 1.807) is 6.20 Å². The maximum absolute atomic E-state index is 13.4. The number of carboxylic acid groups (broad SMARTS) is 1. The predicted octanol–water partition coefficient (Wildman–Crippen LogP) is 4.06. The first-order chi connectivity index (χ1) is 18.5. The lowest BCUT2D eigenvalue weighted by Gasteiger charge is -2.30. The van der Waals surface area contributed by atoms with Gasteiger partial charge in [-0.3, -0.25) is 4.79 Å². The molecule has 1 saturated carbocycles. The third kappa shape index (κ3) is 6.22. The SMILES string of the molecule is O=C(O)NC[C@H]1CC[C@H](CNC(=O)c2cc(-c3ccc(N4CCC(O)CC4)nc3)nc3ccccc23)CC1. The van der Waals surface area contributed by atoms with Crippen molar-refractivity contribution in [1.82, 2.24) is 20.6 Å². The van der Waals surface area contributed by atoms with Crippen molar-refractivity contribution in [2.75, 3.05) is 31.1 Å². The van der Waals surface area contributed by atoms with Gasteiger partial charge in [0.15, 0.2) is 0 Å². The van der Waals surface area contributed by atoms with E-state index >= 15 is 0 Å². The van der Waals surface area contributed by atoms with Gasteiger partial charge in [0, 0.05) is 43.3 Å². The Bertz CT molecular complexity index is 1270. The van der Waals surface area contributed by atoms with Crippen molar-refractivity contribution >= 4 is 28.7 Å². The zero-order chi connectivity index (χ0) is 26.5. The van der Waals surface area contributed by atoms with E-state index in [4.69, 9.17) is 10.1 Å². The molecule has 3 heterocycles. The fourth-order valence-electron chi connectivity index (χ4n) is 5.53. The number of piperidine rings is 1. The van der Waals surface area contributed by atoms with Crippen LogP contribution in [0.4, 0.5) is 10.6 Å². The largest absolute Gasteiger partial charge is 0.465 e. The molecule has 0 radical (unpaired) electrons. The number of fused-ring (bicyclic) bond motifs is 1. The third-order valence-electron chi connectivity index (χ3n) is 7.85. The van der Waals surface area contributed by atoms with E-state index < -0.39 is 6.09 Å². The maximum atomic E-state index is 13.4. The van der Waals surface area contributed by atoms with Crippen molar-refractivity contribution in [3.63, 3.8) is 0 Å². The van der Waals surface area contributed by atoms with Gasteiger partial charge in [-0.25, -0.2) is 14.8 Å². The minimum Gasteiger partial charge on any atom is -0.465 e. The molecule has 0 spiro atoms. The predicted molar refractivity (Wildman–Crippen MR) is 146 cm³/mol. The average Bonchev–Trinajstić information content (AvgIpc) is 2.95. The number of aliphatic hydroxyl groups is 1. The minimum atomic E-state index is -0.974. The number of hydrogen-bond acceptors (Lipinski definition) is 6. The van der Waals surface area contributed by atoms with Crippen LogP contribution in [0.5, 0.6) is 0 Å². The Labute approximate surface area is 222 Å². The Morgan fingerprint density at radius 2 is 1.61 bits per heavy atom. The van der Waals surface area contributed by atoms with E-state index in [-0.39, 0.29) is 12.0 Å². The number of carbonyl (C=O) groups is 2. The molecule has 0 bridgehead atoms. The van der Waals surface area contributed by atoms with Crippen LogP contribution in [0.2, 0.25) is 0 Å². The van der Waals surface area contributed by atoms with Gasteiger partial charge in [-0.05, 0) is 74.6 Å². The number of para-hydroxylation sites is 1. The number of pyridine rings is 2. The molecule has 1 aliphatic carbocycles. The topological polar surface area (TPSA) is 128 Å². The molecule has 2 aromatic heterocycles. The van der Waals surface area contributed by atoms with Gasteiger partial charge in [0.25, 0.3) is 5.91 Å². The normalized spacial score (nSPS) is 20.3. The first-order valence-corrected chi connectivity index (χ1v) is 13.5. The number of aromatic nitrogens is 2. The molecule has 0 unspecified atom stereocenters. The van der Waals surface area contributed by atoms with E-state index in [1.807, 2.05) is 42.5 Å². The van der Waals surface area contributed by atoms with Crippen LogP contribution in [0, 0.1) is 11.8 Å². The maximum Gasteiger partial charge on any atom is 0.404 e. The van der Waals surface area contributed by atoms with Crippen molar-refractivity contribution in [1.29, 1.82) is 0 Å². The number of nitrogens with zero attached hydrogens (tertiary/aromatic N) is 3. The molecule has 38 heavy (non-hydrogen) atoms. The summed E-state index contributed by atoms with van der Waals surface area (Å²) >= 11 is 0. The second-order valence-corrected chi connectivity index (χ2v) is 10.5. The van der Waals surface area contributed by atoms with Crippen molar-refractivity contribution < 1.29 is 19.8 Å². The molecule has 9 nitrogen and oxygen atoms in total. The highest BCUT2D eigenvalue weighted by atomic mass is 16.4. The molecule has 1 aromatic carbocycles. The average molecular weight is 518 g/mol. The van der Waals surface area contributed by atoms with Gasteiger partial charge in [-0.1, -0.05) is 18.2 Å². The summed E-state index contributed by atoms with van der Waals surface area (Å²) in [5, 5.41) is 25.0. The van der Waals surface area contributed by atoms with Crippen LogP contribution < -0.4 is 15.5 Å². The van der Waals surface area contributed by atoms with E-state index in [9.17, 15) is 14.7 Å². The number of amides is 2. The van der Waals surface area contributed by atoms with Crippen LogP contribution in [0.1, 0.15) is 48.9 Å². The quantitative estimate of drug-likeness (QED) is 0.372. The summed E-state index contributed by atoms with van der Waals surface area (Å²) in [4.78, 5) is 35.7. The van der Waals surface area contributed by atoms with Crippen LogP contribution in [0.25, 0.3) is 22.2 Å². The first-order valence-electron chi connectivity index (χ1n) is 13.5. The minimum absolute atomic E-state index is 0.115. The summed E-state index contributed by atoms with van der Waals surface area (Å²) in [7, 11) is 0. The summed E-state index contributed by atoms with van der Waals surface area (Å²) < 4.78 is 0. The highest BCUT2D eigenvalue weighted by molar-refractivity contribution is 6.07. The Morgan fingerprint density at radius 1 is 0.921 bits per heavy atom. The lowest BCUT2D eigenvalue weighted by atomic mass is 9.82. The summed E-state index contributed by atoms with van der Waals surface area (Å²) in [6.07, 6.45) is 5.97. The Morgan fingerprint density at radius 3 is 2.26 bits per heavy atom. The molecule has 0 atom stereocenters. The fourth-order valence-corrected chi connectivity index (χ4v) is 5.53. The highest BCUT2D eigenvalue weighted by Crippen LogP contribution is 2.29. The van der Waals surface area contributed by atoms with Gasteiger partial charge >= 0.3 is 6.09 Å². The van der Waals surface area contributed by atoms with Gasteiger partial charge < -0.3 is 25.7 Å². The number of carbonyl (C=O) groups excluding carboxylic acids is 1. The van der Waals surface area contributed by atoms with Crippen LogP contribution in [-0.4, -0.2) is 64.5 Å². The molecular weight excluding hydrogens is 482 g/mol. The number of rotatable bonds is 7. The Hall–Kier alpha value is -3.72. The van der Waals surface area contributed by atoms with E-state index in [0.29, 0.717) is 36.2 Å². The number of aliphatic hydroxyl groups excluding tert-OH is 1. The monoisotopic (exact) mass is 517 g/mol. The molecular formula is C29H35N5O4. The molecule has 1 saturated heterocycles. The highest BCUT2D eigenvalue weighted by Gasteiger charge is 2.23. The van der Waals surface area contributed by atoms with E-state index in [1.165, 1.54) is 0 Å². The van der Waals surface area contributed by atoms with Crippen LogP contribution >= 0.6 is 0 Å². The van der Waals surface area contributed by atoms with Crippen LogP contribution in [0.15, 0.2) is 48.7 Å². The van der Waals surface area contributed by atoms with Crippen molar-refractivity contribution in [2.24, 2.45) is 11.8 Å². The standard InChI is InChI=1S/C29H35N5O4/c35-22-11-13-34(14-12-22)27-10-9-21(18-30-27)26-15-24(23-3-1-2-4-25(23)33-26)28(36)31-16-19-5-7-20(8-6-19)17-32-29(37)38/h1-4,9-10,15,18-20,22,32,35H,5-8,11-14,16-17H2,(H,31,36)(H,37,38)/t19-,20-. The summed E-state index contributed by atoms with van der Waals surface area (Å²) in [5.74, 6) is 1.52. The molecule has 9 heteroatoms. The van der Waals surface area contributed by atoms with Gasteiger partial charge in [-0.2, -0.15) is 0 Å². The molecule has 3 aromatic rings. The van der Waals surface area contributed by atoms with Crippen LogP contribution in [-0.2, 0) is 0 Å². The van der Waals surface area contributed by atoms with Crippen molar-refractivity contribution in [2.45, 2.75) is 44.6 Å². The second-order valence-electron chi connectivity index (χ2n) is 10.5. The Kier molecular flexibility index (Phi) is 8.03. The lowest BCUT2D eigenvalue weighted by Crippen LogP contribution is -2.36. The van der Waals surface area contributed by atoms with Crippen LogP contribution in [0.3, 0.4) is 0 Å². The number of nitrogens with one attached hydrogen (secondary N) is 2. The smallest absolute Gasteiger partial charge is 0.404 e. The number of benzene rings is 1.